The second-order valence-corrected chi connectivity index (χ2v) is 9.73. The molecule has 0 bridgehead atoms. The largest absolute Gasteiger partial charge is 0.491 e. The Morgan fingerprint density at radius 1 is 1.00 bits per heavy atom. The third-order valence-electron chi connectivity index (χ3n) is 6.85. The maximum absolute atomic E-state index is 13.2. The van der Waals surface area contributed by atoms with Gasteiger partial charge in [-0.3, -0.25) is 24.0 Å². The average molecular weight is 551 g/mol. The van der Waals surface area contributed by atoms with Crippen LogP contribution in [-0.2, 0) is 20.8 Å². The first kappa shape index (κ1) is 28.4. The summed E-state index contributed by atoms with van der Waals surface area (Å²) < 4.78 is 4.97. The van der Waals surface area contributed by atoms with E-state index in [1.165, 1.54) is 24.3 Å². The number of nitrogens with one attached hydrogen (secondary N) is 5. The van der Waals surface area contributed by atoms with Crippen LogP contribution in [0.2, 0.25) is 0 Å². The lowest BCUT2D eigenvalue weighted by Crippen LogP contribution is -2.53. The molecule has 4 rings (SSSR count). The Balaban J connectivity index is 1.50. The maximum atomic E-state index is 13.2. The molecule has 1 fully saturated rings. The smallest absolute Gasteiger partial charge is 0.270 e. The van der Waals surface area contributed by atoms with Gasteiger partial charge in [0.05, 0.1) is 7.11 Å². The van der Waals surface area contributed by atoms with Gasteiger partial charge in [-0.05, 0) is 31.4 Å². The number of aromatic amines is 2. The second-order valence-electron chi connectivity index (χ2n) is 9.73. The molecule has 1 saturated heterocycles. The standard InChI is InChI=1S/C28H34N6O6/c1-17-26(37)33-21(13-18-15-30-20-8-4-3-7-19(18)20)27(38)29-10-6-12-34(11-5-9-25(36)32-17)28(39)22-14-23(35)24(40-2)16-31-22/h3-4,7-8,14-17,21,30H,5-6,9-13H2,1-2H3,(H,29,38)(H,31,35)(H,32,36)(H,33,37)/t17-,21+/m0/s1. The summed E-state index contributed by atoms with van der Waals surface area (Å²) in [7, 11) is 1.36. The van der Waals surface area contributed by atoms with Crippen LogP contribution in [0.3, 0.4) is 0 Å². The van der Waals surface area contributed by atoms with Crippen molar-refractivity contribution in [2.24, 2.45) is 0 Å². The fraction of sp³-hybridized carbons (Fsp3) is 0.393. The molecule has 40 heavy (non-hydrogen) atoms. The number of carbonyl (C=O) groups excluding carboxylic acids is 4. The summed E-state index contributed by atoms with van der Waals surface area (Å²) >= 11 is 0. The molecule has 0 unspecified atom stereocenters. The van der Waals surface area contributed by atoms with E-state index in [9.17, 15) is 24.0 Å². The second kappa shape index (κ2) is 13.0. The highest BCUT2D eigenvalue weighted by Crippen LogP contribution is 2.19. The molecule has 0 radical (unpaired) electrons. The van der Waals surface area contributed by atoms with Crippen LogP contribution in [0, 0.1) is 0 Å². The molecule has 0 aliphatic carbocycles. The van der Waals surface area contributed by atoms with Crippen molar-refractivity contribution in [3.8, 4) is 5.75 Å². The van der Waals surface area contributed by atoms with E-state index < -0.39 is 29.3 Å². The number of methoxy groups -OCH3 is 1. The quantitative estimate of drug-likeness (QED) is 0.323. The molecule has 1 aliphatic rings. The number of hydrogen-bond donors (Lipinski definition) is 5. The van der Waals surface area contributed by atoms with Gasteiger partial charge < -0.3 is 35.6 Å². The van der Waals surface area contributed by atoms with E-state index in [0.29, 0.717) is 12.8 Å². The number of ether oxygens (including phenoxy) is 1. The normalized spacial score (nSPS) is 19.6. The van der Waals surface area contributed by atoms with Crippen LogP contribution in [0.1, 0.15) is 42.2 Å². The van der Waals surface area contributed by atoms with Crippen molar-refractivity contribution in [3.63, 3.8) is 0 Å². The van der Waals surface area contributed by atoms with Gasteiger partial charge in [0.15, 0.2) is 5.75 Å². The Labute approximate surface area is 230 Å². The Hall–Kier alpha value is -4.61. The average Bonchev–Trinajstić information content (AvgIpc) is 3.35. The van der Waals surface area contributed by atoms with Crippen LogP contribution in [-0.4, -0.2) is 77.3 Å². The van der Waals surface area contributed by atoms with Crippen LogP contribution in [0.5, 0.6) is 5.75 Å². The van der Waals surface area contributed by atoms with Gasteiger partial charge in [-0.15, -0.1) is 0 Å². The van der Waals surface area contributed by atoms with E-state index in [0.717, 1.165) is 16.5 Å². The molecular formula is C28H34N6O6. The minimum absolute atomic E-state index is 0.0903. The topological polar surface area (TPSA) is 165 Å². The molecule has 2 aromatic heterocycles. The molecule has 12 heteroatoms. The number of carbonyl (C=O) groups is 4. The molecule has 0 spiro atoms. The lowest BCUT2D eigenvalue weighted by atomic mass is 10.0. The number of fused-ring (bicyclic) bond motifs is 1. The molecule has 3 aromatic rings. The summed E-state index contributed by atoms with van der Waals surface area (Å²) in [5.74, 6) is -1.50. The van der Waals surface area contributed by atoms with Crippen molar-refractivity contribution < 1.29 is 23.9 Å². The molecule has 12 nitrogen and oxygen atoms in total. The highest BCUT2D eigenvalue weighted by Gasteiger charge is 2.26. The molecule has 212 valence electrons. The number of nitrogens with zero attached hydrogens (tertiary/aromatic N) is 1. The van der Waals surface area contributed by atoms with Crippen molar-refractivity contribution in [3.05, 3.63) is 64.2 Å². The van der Waals surface area contributed by atoms with E-state index in [-0.39, 0.29) is 55.7 Å². The van der Waals surface area contributed by atoms with Crippen molar-refractivity contribution >= 4 is 34.5 Å². The highest BCUT2D eigenvalue weighted by molar-refractivity contribution is 5.93. The van der Waals surface area contributed by atoms with E-state index in [2.05, 4.69) is 25.9 Å². The van der Waals surface area contributed by atoms with Crippen molar-refractivity contribution in [2.75, 3.05) is 26.7 Å². The molecule has 4 amide bonds. The summed E-state index contributed by atoms with van der Waals surface area (Å²) in [6, 6.07) is 7.13. The number of rotatable bonds is 4. The first-order chi connectivity index (χ1) is 19.3. The molecule has 2 atom stereocenters. The van der Waals surface area contributed by atoms with Gasteiger partial charge in [-0.1, -0.05) is 18.2 Å². The van der Waals surface area contributed by atoms with E-state index in [1.54, 1.807) is 6.92 Å². The fourth-order valence-corrected chi connectivity index (χ4v) is 4.67. The number of hydrogen-bond acceptors (Lipinski definition) is 6. The Morgan fingerprint density at radius 3 is 2.55 bits per heavy atom. The van der Waals surface area contributed by atoms with Crippen LogP contribution in [0.25, 0.3) is 10.9 Å². The summed E-state index contributed by atoms with van der Waals surface area (Å²) in [5, 5.41) is 9.27. The molecular weight excluding hydrogens is 516 g/mol. The minimum Gasteiger partial charge on any atom is -0.491 e. The number of benzene rings is 1. The molecule has 0 saturated carbocycles. The van der Waals surface area contributed by atoms with Gasteiger partial charge in [0.25, 0.3) is 5.91 Å². The zero-order valence-electron chi connectivity index (χ0n) is 22.5. The molecule has 1 aromatic carbocycles. The highest BCUT2D eigenvalue weighted by atomic mass is 16.5. The minimum atomic E-state index is -0.877. The summed E-state index contributed by atoms with van der Waals surface area (Å²) in [6.07, 6.45) is 4.26. The molecule has 5 N–H and O–H groups in total. The first-order valence-electron chi connectivity index (χ1n) is 13.2. The Morgan fingerprint density at radius 2 is 1.77 bits per heavy atom. The van der Waals surface area contributed by atoms with Gasteiger partial charge in [0, 0.05) is 61.8 Å². The predicted octanol–water partition coefficient (Wildman–Crippen LogP) is 0.839. The van der Waals surface area contributed by atoms with Crippen LogP contribution < -0.4 is 26.1 Å². The lowest BCUT2D eigenvalue weighted by Gasteiger charge is -2.23. The SMILES string of the molecule is COc1c[nH]c(C(=O)N2CCCNC(=O)[C@@H](Cc3c[nH]c4ccccc34)NC(=O)[C@H](C)NC(=O)CCC2)cc1=O. The van der Waals surface area contributed by atoms with Crippen LogP contribution in [0.15, 0.2) is 47.5 Å². The monoisotopic (exact) mass is 550 g/mol. The summed E-state index contributed by atoms with van der Waals surface area (Å²) in [5.41, 5.74) is 1.46. The summed E-state index contributed by atoms with van der Waals surface area (Å²) in [4.78, 5) is 71.5. The number of H-pyrrole nitrogens is 2. The van der Waals surface area contributed by atoms with Crippen LogP contribution in [0.4, 0.5) is 0 Å². The Kier molecular flexibility index (Phi) is 9.20. The molecule has 1 aliphatic heterocycles. The Bertz CT molecular complexity index is 1450. The fourth-order valence-electron chi connectivity index (χ4n) is 4.67. The number of pyridine rings is 1. The lowest BCUT2D eigenvalue weighted by molar-refractivity contribution is -0.131. The van der Waals surface area contributed by atoms with E-state index in [1.807, 2.05) is 30.5 Å². The van der Waals surface area contributed by atoms with Gasteiger partial charge in [-0.25, -0.2) is 0 Å². The van der Waals surface area contributed by atoms with E-state index >= 15 is 0 Å². The number of amides is 4. The van der Waals surface area contributed by atoms with Crippen LogP contribution >= 0.6 is 0 Å². The number of para-hydroxylation sites is 1. The van der Waals surface area contributed by atoms with Gasteiger partial charge in [0.1, 0.15) is 17.8 Å². The zero-order valence-corrected chi connectivity index (χ0v) is 22.5. The maximum Gasteiger partial charge on any atom is 0.270 e. The zero-order chi connectivity index (χ0) is 28.6. The molecule has 3 heterocycles. The predicted molar refractivity (Wildman–Crippen MR) is 148 cm³/mol. The number of aromatic nitrogens is 2. The van der Waals surface area contributed by atoms with Gasteiger partial charge in [-0.2, -0.15) is 0 Å². The van der Waals surface area contributed by atoms with Crippen molar-refractivity contribution in [1.82, 2.24) is 30.8 Å². The third kappa shape index (κ3) is 6.87. The summed E-state index contributed by atoms with van der Waals surface area (Å²) in [6.45, 7) is 2.35. The van der Waals surface area contributed by atoms with Crippen molar-refractivity contribution in [2.45, 2.75) is 44.7 Å². The van der Waals surface area contributed by atoms with Gasteiger partial charge >= 0.3 is 0 Å². The van der Waals surface area contributed by atoms with Gasteiger partial charge in [0.2, 0.25) is 23.2 Å². The third-order valence-corrected chi connectivity index (χ3v) is 6.85. The van der Waals surface area contributed by atoms with E-state index in [4.69, 9.17) is 4.74 Å². The first-order valence-corrected chi connectivity index (χ1v) is 13.2. The van der Waals surface area contributed by atoms with Crippen molar-refractivity contribution in [1.29, 1.82) is 0 Å².